The lowest BCUT2D eigenvalue weighted by molar-refractivity contribution is -0.134. The van der Waals surface area contributed by atoms with E-state index in [1.165, 1.54) is 11.3 Å². The summed E-state index contributed by atoms with van der Waals surface area (Å²) in [6, 6.07) is 6.42. The molecule has 0 radical (unpaired) electrons. The topological polar surface area (TPSA) is 110 Å². The van der Waals surface area contributed by atoms with E-state index >= 15 is 0 Å². The third-order valence-corrected chi connectivity index (χ3v) is 8.53. The van der Waals surface area contributed by atoms with E-state index in [1.54, 1.807) is 37.2 Å². The Bertz CT molecular complexity index is 1350. The minimum Gasteiger partial charge on any atom is -0.351 e. The van der Waals surface area contributed by atoms with Crippen molar-refractivity contribution in [1.82, 2.24) is 30.4 Å². The Hall–Kier alpha value is -2.95. The molecule has 3 heterocycles. The van der Waals surface area contributed by atoms with Gasteiger partial charge in [0.05, 0.1) is 11.7 Å². The van der Waals surface area contributed by atoms with Crippen LogP contribution in [0.5, 0.6) is 0 Å². The first kappa shape index (κ1) is 25.7. The van der Waals surface area contributed by atoms with Gasteiger partial charge in [-0.2, -0.15) is 0 Å². The first-order chi connectivity index (χ1) is 17.7. The second kappa shape index (κ2) is 10.4. The lowest BCUT2D eigenvalue weighted by Gasteiger charge is -2.37. The summed E-state index contributed by atoms with van der Waals surface area (Å²) in [5.74, 6) is -0.718. The number of nitrogens with zero attached hydrogens (tertiary/aromatic N) is 3. The second-order valence-corrected chi connectivity index (χ2v) is 11.7. The first-order valence-corrected chi connectivity index (χ1v) is 13.7. The van der Waals surface area contributed by atoms with Gasteiger partial charge in [-0.15, -0.1) is 11.3 Å². The van der Waals surface area contributed by atoms with Crippen LogP contribution in [-0.2, 0) is 17.8 Å². The van der Waals surface area contributed by atoms with E-state index in [9.17, 15) is 14.4 Å². The molecular weight excluding hydrogens is 512 g/mol. The molecule has 37 heavy (non-hydrogen) atoms. The molecule has 1 aliphatic carbocycles. The number of amides is 3. The highest BCUT2D eigenvalue weighted by molar-refractivity contribution is 7.13. The van der Waals surface area contributed by atoms with E-state index in [2.05, 4.69) is 32.5 Å². The van der Waals surface area contributed by atoms with Crippen LogP contribution in [0.25, 0.3) is 10.9 Å². The number of aromatic nitrogens is 2. The second-order valence-electron chi connectivity index (χ2n) is 10.2. The Kier molecular flexibility index (Phi) is 7.24. The van der Waals surface area contributed by atoms with Gasteiger partial charge in [-0.3, -0.25) is 14.4 Å². The standard InChI is InChI=1S/C26H31ClN6O3S/c1-32(2)26(36)14-4-6-18(29-24(35)25-31-19-8-9-33(3)13-22(19)37-25)20(11-14)30-23(34)21-12-15-10-16(27)5-7-17(15)28-21/h5,7,10,12,14,18,20,28H,4,6,8-9,11,13H2,1-3H3,(H,29,35)(H,30,34)/t14-,18+,20-/m0/s1. The van der Waals surface area contributed by atoms with Crippen molar-refractivity contribution in [1.29, 1.82) is 0 Å². The number of hydrogen-bond donors (Lipinski definition) is 3. The van der Waals surface area contributed by atoms with Gasteiger partial charge in [-0.1, -0.05) is 11.6 Å². The van der Waals surface area contributed by atoms with E-state index in [0.717, 1.165) is 41.0 Å². The van der Waals surface area contributed by atoms with Crippen molar-refractivity contribution < 1.29 is 14.4 Å². The summed E-state index contributed by atoms with van der Waals surface area (Å²) in [6.45, 7) is 1.72. The van der Waals surface area contributed by atoms with Gasteiger partial charge < -0.3 is 25.4 Å². The maximum atomic E-state index is 13.2. The maximum Gasteiger partial charge on any atom is 0.280 e. The summed E-state index contributed by atoms with van der Waals surface area (Å²) in [6.07, 6.45) is 2.50. The normalized spacial score (nSPS) is 21.9. The summed E-state index contributed by atoms with van der Waals surface area (Å²) in [5.41, 5.74) is 2.21. The van der Waals surface area contributed by atoms with Crippen LogP contribution in [-0.4, -0.2) is 77.3 Å². The molecule has 0 saturated heterocycles. The van der Waals surface area contributed by atoms with Crippen LogP contribution in [0.15, 0.2) is 24.3 Å². The van der Waals surface area contributed by atoms with Crippen LogP contribution < -0.4 is 10.6 Å². The molecule has 196 valence electrons. The molecule has 5 rings (SSSR count). The fourth-order valence-corrected chi connectivity index (χ4v) is 6.49. The quantitative estimate of drug-likeness (QED) is 0.459. The zero-order valence-corrected chi connectivity index (χ0v) is 22.7. The number of hydrogen-bond acceptors (Lipinski definition) is 6. The van der Waals surface area contributed by atoms with E-state index in [4.69, 9.17) is 11.6 Å². The molecule has 3 aromatic rings. The maximum absolute atomic E-state index is 13.2. The van der Waals surface area contributed by atoms with E-state index < -0.39 is 6.04 Å². The Balaban J connectivity index is 1.34. The largest absolute Gasteiger partial charge is 0.351 e. The van der Waals surface area contributed by atoms with Crippen molar-refractivity contribution >= 4 is 51.6 Å². The SMILES string of the molecule is CN1CCc2nc(C(=O)N[C@@H]3CC[C@H](C(=O)N(C)C)C[C@@H]3NC(=O)c3cc4cc(Cl)ccc4[nH]3)sc2C1. The molecule has 1 saturated carbocycles. The van der Waals surface area contributed by atoms with Crippen LogP contribution in [0.3, 0.4) is 0 Å². The van der Waals surface area contributed by atoms with Crippen molar-refractivity contribution in [2.75, 3.05) is 27.7 Å². The lowest BCUT2D eigenvalue weighted by atomic mass is 9.81. The Morgan fingerprint density at radius 3 is 2.70 bits per heavy atom. The van der Waals surface area contributed by atoms with Gasteiger partial charge in [0.1, 0.15) is 5.69 Å². The number of likely N-dealkylation sites (N-methyl/N-ethyl adjacent to an activating group) is 1. The average molecular weight is 543 g/mol. The number of rotatable bonds is 5. The summed E-state index contributed by atoms with van der Waals surface area (Å²) in [5, 5.41) is 8.08. The Labute approximate surface area is 224 Å². The Morgan fingerprint density at radius 1 is 1.14 bits per heavy atom. The molecule has 0 spiro atoms. The Morgan fingerprint density at radius 2 is 1.92 bits per heavy atom. The van der Waals surface area contributed by atoms with Gasteiger partial charge in [-0.05, 0) is 50.6 Å². The number of aromatic amines is 1. The molecule has 0 unspecified atom stereocenters. The van der Waals surface area contributed by atoms with Crippen molar-refractivity contribution in [3.63, 3.8) is 0 Å². The highest BCUT2D eigenvalue weighted by Gasteiger charge is 2.37. The third-order valence-electron chi connectivity index (χ3n) is 7.22. The van der Waals surface area contributed by atoms with Crippen molar-refractivity contribution in [3.05, 3.63) is 50.6 Å². The van der Waals surface area contributed by atoms with E-state index in [1.807, 2.05) is 6.07 Å². The molecule has 9 nitrogen and oxygen atoms in total. The molecule has 1 fully saturated rings. The number of thiazole rings is 1. The third kappa shape index (κ3) is 5.51. The highest BCUT2D eigenvalue weighted by atomic mass is 35.5. The lowest BCUT2D eigenvalue weighted by Crippen LogP contribution is -2.56. The number of nitrogens with one attached hydrogen (secondary N) is 3. The molecule has 11 heteroatoms. The van der Waals surface area contributed by atoms with Crippen LogP contribution in [0, 0.1) is 5.92 Å². The van der Waals surface area contributed by atoms with Crippen LogP contribution >= 0.6 is 22.9 Å². The fourth-order valence-electron chi connectivity index (χ4n) is 5.21. The predicted octanol–water partition coefficient (Wildman–Crippen LogP) is 3.05. The summed E-state index contributed by atoms with van der Waals surface area (Å²) in [7, 11) is 5.53. The summed E-state index contributed by atoms with van der Waals surface area (Å²) < 4.78 is 0. The highest BCUT2D eigenvalue weighted by Crippen LogP contribution is 2.29. The number of carbonyl (C=O) groups is 3. The van der Waals surface area contributed by atoms with Crippen LogP contribution in [0.1, 0.15) is 50.1 Å². The van der Waals surface area contributed by atoms with Crippen molar-refractivity contribution in [3.8, 4) is 0 Å². The smallest absolute Gasteiger partial charge is 0.280 e. The minimum absolute atomic E-state index is 0.0287. The number of halogens is 1. The van der Waals surface area contributed by atoms with Crippen LogP contribution in [0.4, 0.5) is 0 Å². The molecule has 3 atom stereocenters. The average Bonchev–Trinajstić information content (AvgIpc) is 3.48. The van der Waals surface area contributed by atoms with Gasteiger partial charge in [-0.25, -0.2) is 4.98 Å². The van der Waals surface area contributed by atoms with Gasteiger partial charge in [0.15, 0.2) is 5.01 Å². The van der Waals surface area contributed by atoms with E-state index in [0.29, 0.717) is 35.0 Å². The van der Waals surface area contributed by atoms with Crippen molar-refractivity contribution in [2.24, 2.45) is 5.92 Å². The molecule has 2 aromatic heterocycles. The minimum atomic E-state index is -0.408. The number of H-pyrrole nitrogens is 1. The molecule has 1 aromatic carbocycles. The molecule has 1 aliphatic heterocycles. The van der Waals surface area contributed by atoms with Crippen LogP contribution in [0.2, 0.25) is 5.02 Å². The molecule has 3 N–H and O–H groups in total. The zero-order valence-electron chi connectivity index (χ0n) is 21.1. The summed E-state index contributed by atoms with van der Waals surface area (Å²) >= 11 is 7.53. The number of fused-ring (bicyclic) bond motifs is 2. The fraction of sp³-hybridized carbons (Fsp3) is 0.462. The monoisotopic (exact) mass is 542 g/mol. The van der Waals surface area contributed by atoms with Gasteiger partial charge >= 0.3 is 0 Å². The molecule has 3 amide bonds. The van der Waals surface area contributed by atoms with Gasteiger partial charge in [0.2, 0.25) is 5.91 Å². The number of benzene rings is 1. The van der Waals surface area contributed by atoms with Gasteiger partial charge in [0, 0.05) is 66.4 Å². The summed E-state index contributed by atoms with van der Waals surface area (Å²) in [4.78, 5) is 51.8. The predicted molar refractivity (Wildman–Crippen MR) is 144 cm³/mol. The zero-order chi connectivity index (χ0) is 26.3. The van der Waals surface area contributed by atoms with Crippen molar-refractivity contribution in [2.45, 2.75) is 44.3 Å². The molecule has 0 bridgehead atoms. The first-order valence-electron chi connectivity index (χ1n) is 12.5. The van der Waals surface area contributed by atoms with E-state index in [-0.39, 0.29) is 29.7 Å². The molecule has 2 aliphatic rings. The number of carbonyl (C=O) groups excluding carboxylic acids is 3. The van der Waals surface area contributed by atoms with Gasteiger partial charge in [0.25, 0.3) is 11.8 Å². The molecular formula is C26H31ClN6O3S.